The van der Waals surface area contributed by atoms with E-state index in [2.05, 4.69) is 63.7 Å². The SMILES string of the molecule is CCCN(C)C/C=N/C=C(\NC)c1cc2c3c(c1)OCc1cc(-c4cnc(CN(CCC)C(=O)[C@H](NC(=O)CC(C)C)c5ccccc5)[nH]4)cc(c1-3)OC2. The third kappa shape index (κ3) is 8.85. The number of aliphatic imine (C=N–C) groups is 1. The summed E-state index contributed by atoms with van der Waals surface area (Å²) in [5.74, 6) is 2.16. The normalized spacial score (nSPS) is 13.7. The average Bonchev–Trinajstić information content (AvgIpc) is 3.64. The van der Waals surface area contributed by atoms with Crippen LogP contribution in [-0.2, 0) is 29.3 Å². The molecule has 0 bridgehead atoms. The highest BCUT2D eigenvalue weighted by atomic mass is 16.5. The van der Waals surface area contributed by atoms with Crippen LogP contribution >= 0.6 is 0 Å². The highest BCUT2D eigenvalue weighted by Gasteiger charge is 2.31. The van der Waals surface area contributed by atoms with Gasteiger partial charge in [0.15, 0.2) is 0 Å². The highest BCUT2D eigenvalue weighted by molar-refractivity contribution is 5.89. The first-order valence-corrected chi connectivity index (χ1v) is 19.0. The van der Waals surface area contributed by atoms with Gasteiger partial charge in [-0.2, -0.15) is 0 Å². The standard InChI is InChI=1S/C43H53N7O4/c1-7-15-49(6)17-14-45-23-34(44-5)30-19-32-26-54-37-22-31(20-33-27-53-36(21-30)40(32)41(33)37)35-24-46-38(47-35)25-50(16-8-2)43(52)42(29-12-10-9-11-13-29)48-39(51)18-28(3)4/h9-14,19-24,28,42,44H,7-8,15-18,25-27H2,1-6H3,(H,46,47)(H,48,51)/b34-23-,45-14+/t42-/m1/s1. The Morgan fingerprint density at radius 2 is 1.69 bits per heavy atom. The summed E-state index contributed by atoms with van der Waals surface area (Å²) in [5.41, 5.74) is 8.62. The number of carbonyl (C=O) groups is 2. The van der Waals surface area contributed by atoms with Gasteiger partial charge in [0.05, 0.1) is 30.3 Å². The maximum absolute atomic E-state index is 14.1. The summed E-state index contributed by atoms with van der Waals surface area (Å²) in [5, 5.41) is 6.30. The zero-order valence-corrected chi connectivity index (χ0v) is 32.4. The Hall–Kier alpha value is -5.42. The quantitative estimate of drug-likeness (QED) is 0.0991. The summed E-state index contributed by atoms with van der Waals surface area (Å²) in [6.45, 7) is 11.6. The maximum atomic E-state index is 14.1. The molecule has 3 aromatic carbocycles. The van der Waals surface area contributed by atoms with E-state index in [1.54, 1.807) is 11.1 Å². The first-order chi connectivity index (χ1) is 26.2. The van der Waals surface area contributed by atoms with Gasteiger partial charge >= 0.3 is 0 Å². The first-order valence-electron chi connectivity index (χ1n) is 19.0. The van der Waals surface area contributed by atoms with Crippen LogP contribution in [0.15, 0.2) is 72.0 Å². The Morgan fingerprint density at radius 1 is 0.981 bits per heavy atom. The first kappa shape index (κ1) is 38.3. The number of benzene rings is 3. The monoisotopic (exact) mass is 731 g/mol. The number of amides is 2. The summed E-state index contributed by atoms with van der Waals surface area (Å²) in [4.78, 5) is 43.7. The second-order valence-corrected chi connectivity index (χ2v) is 14.5. The maximum Gasteiger partial charge on any atom is 0.250 e. The molecule has 284 valence electrons. The molecule has 4 aromatic rings. The van der Waals surface area contributed by atoms with Crippen molar-refractivity contribution in [2.24, 2.45) is 10.9 Å². The van der Waals surface area contributed by atoms with E-state index in [1.807, 2.05) is 70.6 Å². The number of nitrogens with one attached hydrogen (secondary N) is 3. The number of ether oxygens (including phenoxy) is 2. The van der Waals surface area contributed by atoms with Crippen molar-refractivity contribution in [2.75, 3.05) is 33.7 Å². The fourth-order valence-corrected chi connectivity index (χ4v) is 7.08. The third-order valence-electron chi connectivity index (χ3n) is 9.64. The lowest BCUT2D eigenvalue weighted by atomic mass is 9.87. The molecular formula is C43H53N7O4. The van der Waals surface area contributed by atoms with Gasteiger partial charge in [0, 0.05) is 66.2 Å². The van der Waals surface area contributed by atoms with Crippen LogP contribution in [0, 0.1) is 5.92 Å². The third-order valence-corrected chi connectivity index (χ3v) is 9.64. The van der Waals surface area contributed by atoms with Gasteiger partial charge in [0.1, 0.15) is 36.6 Å². The predicted octanol–water partition coefficient (Wildman–Crippen LogP) is 7.10. The molecule has 0 saturated carbocycles. The Balaban J connectivity index is 1.22. The van der Waals surface area contributed by atoms with Gasteiger partial charge in [-0.1, -0.05) is 58.0 Å². The van der Waals surface area contributed by atoms with Crippen molar-refractivity contribution in [3.8, 4) is 33.9 Å². The number of hydrogen-bond acceptors (Lipinski definition) is 8. The topological polar surface area (TPSA) is 124 Å². The molecule has 0 aliphatic carbocycles. The van der Waals surface area contributed by atoms with Crippen molar-refractivity contribution in [3.63, 3.8) is 0 Å². The van der Waals surface area contributed by atoms with E-state index in [-0.39, 0.29) is 24.3 Å². The number of rotatable bonds is 17. The zero-order valence-electron chi connectivity index (χ0n) is 32.4. The van der Waals surface area contributed by atoms with Gasteiger partial charge in [-0.3, -0.25) is 14.6 Å². The minimum Gasteiger partial charge on any atom is -0.488 e. The number of aromatic amines is 1. The Morgan fingerprint density at radius 3 is 2.37 bits per heavy atom. The second kappa shape index (κ2) is 17.6. The number of carbonyl (C=O) groups excluding carboxylic acids is 2. The summed E-state index contributed by atoms with van der Waals surface area (Å²) < 4.78 is 12.8. The molecule has 0 unspecified atom stereocenters. The number of imidazole rings is 1. The minimum atomic E-state index is -0.787. The van der Waals surface area contributed by atoms with Crippen molar-refractivity contribution in [2.45, 2.75) is 72.8 Å². The fraction of sp³-hybridized carbons (Fsp3) is 0.395. The number of aromatic nitrogens is 2. The van der Waals surface area contributed by atoms with Gasteiger partial charge in [0.2, 0.25) is 11.8 Å². The Kier molecular flexibility index (Phi) is 12.5. The van der Waals surface area contributed by atoms with Gasteiger partial charge < -0.3 is 34.9 Å². The molecule has 1 atom stereocenters. The van der Waals surface area contributed by atoms with E-state index < -0.39 is 6.04 Å². The molecule has 0 saturated heterocycles. The molecule has 2 amide bonds. The van der Waals surface area contributed by atoms with Crippen molar-refractivity contribution < 1.29 is 19.1 Å². The molecule has 11 nitrogen and oxygen atoms in total. The van der Waals surface area contributed by atoms with Crippen LogP contribution in [0.25, 0.3) is 28.1 Å². The van der Waals surface area contributed by atoms with Gasteiger partial charge in [-0.05, 0) is 62.2 Å². The van der Waals surface area contributed by atoms with Crippen molar-refractivity contribution in [3.05, 3.63) is 95.1 Å². The summed E-state index contributed by atoms with van der Waals surface area (Å²) in [6.07, 6.45) is 7.80. The Labute approximate surface area is 318 Å². The molecule has 3 heterocycles. The number of hydrogen-bond donors (Lipinski definition) is 3. The molecule has 54 heavy (non-hydrogen) atoms. The van der Waals surface area contributed by atoms with E-state index in [0.717, 1.165) is 87.8 Å². The molecule has 1 aromatic heterocycles. The van der Waals surface area contributed by atoms with Crippen LogP contribution in [0.5, 0.6) is 11.5 Å². The lowest BCUT2D eigenvalue weighted by Crippen LogP contribution is -2.43. The van der Waals surface area contributed by atoms with Crippen molar-refractivity contribution in [1.82, 2.24) is 30.4 Å². The summed E-state index contributed by atoms with van der Waals surface area (Å²) in [6, 6.07) is 17.0. The van der Waals surface area contributed by atoms with Crippen LogP contribution in [0.4, 0.5) is 0 Å². The number of H-pyrrole nitrogens is 1. The van der Waals surface area contributed by atoms with Crippen molar-refractivity contribution >= 4 is 23.7 Å². The average molecular weight is 732 g/mol. The van der Waals surface area contributed by atoms with Crippen LogP contribution in [0.3, 0.4) is 0 Å². The molecule has 2 aliphatic rings. The minimum absolute atomic E-state index is 0.146. The van der Waals surface area contributed by atoms with Gasteiger partial charge in [-0.15, -0.1) is 0 Å². The van der Waals surface area contributed by atoms with E-state index in [9.17, 15) is 9.59 Å². The fourth-order valence-electron chi connectivity index (χ4n) is 7.08. The molecule has 3 N–H and O–H groups in total. The highest BCUT2D eigenvalue weighted by Crippen LogP contribution is 2.50. The number of nitrogens with zero attached hydrogens (tertiary/aromatic N) is 4. The molecule has 0 radical (unpaired) electrons. The van der Waals surface area contributed by atoms with Crippen LogP contribution in [-0.4, -0.2) is 71.5 Å². The summed E-state index contributed by atoms with van der Waals surface area (Å²) in [7, 11) is 4.00. The lowest BCUT2D eigenvalue weighted by Gasteiger charge is -2.30. The van der Waals surface area contributed by atoms with E-state index >= 15 is 0 Å². The van der Waals surface area contributed by atoms with E-state index in [1.165, 1.54) is 0 Å². The van der Waals surface area contributed by atoms with Gasteiger partial charge in [-0.25, -0.2) is 4.98 Å². The van der Waals surface area contributed by atoms with Gasteiger partial charge in [0.25, 0.3) is 0 Å². The van der Waals surface area contributed by atoms with Crippen LogP contribution in [0.2, 0.25) is 0 Å². The lowest BCUT2D eigenvalue weighted by molar-refractivity contribution is -0.137. The smallest absolute Gasteiger partial charge is 0.250 e. The van der Waals surface area contributed by atoms with E-state index in [0.29, 0.717) is 32.0 Å². The summed E-state index contributed by atoms with van der Waals surface area (Å²) >= 11 is 0. The molecule has 6 rings (SSSR count). The van der Waals surface area contributed by atoms with E-state index in [4.69, 9.17) is 14.5 Å². The van der Waals surface area contributed by atoms with Crippen molar-refractivity contribution in [1.29, 1.82) is 0 Å². The predicted molar refractivity (Wildman–Crippen MR) is 214 cm³/mol. The largest absolute Gasteiger partial charge is 0.488 e. The van der Waals surface area contributed by atoms with Crippen LogP contribution < -0.4 is 20.1 Å². The zero-order chi connectivity index (χ0) is 38.2. The molecular weight excluding hydrogens is 679 g/mol. The molecule has 0 spiro atoms. The molecule has 2 aliphatic heterocycles. The second-order valence-electron chi connectivity index (χ2n) is 14.5. The molecule has 0 fully saturated rings. The Bertz CT molecular complexity index is 1950. The molecule has 11 heteroatoms. The van der Waals surface area contributed by atoms with Crippen LogP contribution in [0.1, 0.15) is 81.1 Å².